The number of hydrogen-bond donors (Lipinski definition) is 0. The van der Waals surface area contributed by atoms with Gasteiger partial charge in [-0.15, -0.1) is 0 Å². The van der Waals surface area contributed by atoms with E-state index in [1.54, 1.807) is 0 Å². The third-order valence-corrected chi connectivity index (χ3v) is 5.72. The summed E-state index contributed by atoms with van der Waals surface area (Å²) in [5.74, 6) is 0. The van der Waals surface area contributed by atoms with Crippen LogP contribution in [0.4, 0.5) is 0 Å². The monoisotopic (exact) mass is 298 g/mol. The highest BCUT2D eigenvalue weighted by Gasteiger charge is 2.46. The summed E-state index contributed by atoms with van der Waals surface area (Å²) >= 11 is 0. The van der Waals surface area contributed by atoms with Crippen LogP contribution >= 0.6 is 0 Å². The van der Waals surface area contributed by atoms with E-state index in [0.717, 1.165) is 23.3 Å². The quantitative estimate of drug-likeness (QED) is 0.736. The first-order valence-electron chi connectivity index (χ1n) is 7.74. The Kier molecular flexibility index (Phi) is 5.02. The van der Waals surface area contributed by atoms with E-state index in [1.165, 1.54) is 11.1 Å². The summed E-state index contributed by atoms with van der Waals surface area (Å²) in [4.78, 5) is 0. The van der Waals surface area contributed by atoms with E-state index in [2.05, 4.69) is 81.4 Å². The minimum absolute atomic E-state index is 0.105. The number of benzene rings is 2. The van der Waals surface area contributed by atoms with E-state index in [-0.39, 0.29) is 11.0 Å². The molecule has 0 aliphatic rings. The van der Waals surface area contributed by atoms with Crippen molar-refractivity contribution in [3.8, 4) is 0 Å². The average Bonchev–Trinajstić information content (AvgIpc) is 2.54. The van der Waals surface area contributed by atoms with Gasteiger partial charge in [-0.05, 0) is 31.4 Å². The second kappa shape index (κ2) is 6.59. The molecule has 0 spiro atoms. The van der Waals surface area contributed by atoms with Gasteiger partial charge in [0.1, 0.15) is 10.5 Å². The van der Waals surface area contributed by atoms with Crippen molar-refractivity contribution in [3.63, 3.8) is 0 Å². The van der Waals surface area contributed by atoms with E-state index < -0.39 is 0 Å². The lowest BCUT2D eigenvalue weighted by Crippen LogP contribution is -2.50. The third-order valence-electron chi connectivity index (χ3n) is 4.70. The summed E-state index contributed by atoms with van der Waals surface area (Å²) in [6.07, 6.45) is 2.20. The fraction of sp³-hybridized carbons (Fsp3) is 0.368. The molecule has 0 aliphatic heterocycles. The van der Waals surface area contributed by atoms with Crippen molar-refractivity contribution in [1.29, 1.82) is 0 Å². The van der Waals surface area contributed by atoms with Crippen LogP contribution in [0, 0.1) is 0 Å². The molecule has 2 aromatic rings. The zero-order valence-corrected chi connectivity index (χ0v) is 15.6. The van der Waals surface area contributed by atoms with Gasteiger partial charge in [-0.2, -0.15) is 0 Å². The van der Waals surface area contributed by atoms with Gasteiger partial charge in [0, 0.05) is 5.41 Å². The van der Waals surface area contributed by atoms with Crippen LogP contribution in [0.1, 0.15) is 44.7 Å². The summed E-state index contributed by atoms with van der Waals surface area (Å²) in [6.45, 7) is 6.72. The van der Waals surface area contributed by atoms with Crippen LogP contribution < -0.4 is 0 Å². The number of hydrogen-bond acceptors (Lipinski definition) is 1. The molecule has 1 nitrogen and oxygen atoms in total. The van der Waals surface area contributed by atoms with Gasteiger partial charge < -0.3 is 4.43 Å². The van der Waals surface area contributed by atoms with E-state index in [9.17, 15) is 0 Å². The van der Waals surface area contributed by atoms with Crippen molar-refractivity contribution in [2.24, 2.45) is 0 Å². The Labute approximate surface area is 131 Å². The summed E-state index contributed by atoms with van der Waals surface area (Å²) in [5.41, 5.74) is 2.36. The Balaban J connectivity index is 2.73. The maximum atomic E-state index is 6.10. The molecule has 0 aromatic heterocycles. The molecule has 0 amide bonds. The second-order valence-electron chi connectivity index (χ2n) is 6.10. The van der Waals surface area contributed by atoms with Crippen LogP contribution in [0.3, 0.4) is 0 Å². The summed E-state index contributed by atoms with van der Waals surface area (Å²) in [5, 5.41) is 0. The highest BCUT2D eigenvalue weighted by molar-refractivity contribution is 5.98. The molecule has 0 saturated carbocycles. The molecule has 0 N–H and O–H groups in total. The van der Waals surface area contributed by atoms with E-state index in [1.807, 2.05) is 0 Å². The van der Waals surface area contributed by atoms with Crippen LogP contribution in [0.25, 0.3) is 0 Å². The van der Waals surface area contributed by atoms with Crippen molar-refractivity contribution in [1.82, 2.24) is 0 Å². The average molecular weight is 299 g/mol. The van der Waals surface area contributed by atoms with Crippen molar-refractivity contribution in [2.75, 3.05) is 0 Å². The smallest absolute Gasteiger partial charge is 0.146 e. The van der Waals surface area contributed by atoms with E-state index >= 15 is 0 Å². The Morgan fingerprint density at radius 2 is 1.29 bits per heavy atom. The van der Waals surface area contributed by atoms with Gasteiger partial charge in [0.2, 0.25) is 0 Å². The molecule has 0 saturated heterocycles. The molecule has 0 atom stereocenters. The topological polar surface area (TPSA) is 9.23 Å². The van der Waals surface area contributed by atoms with Crippen LogP contribution in [0.5, 0.6) is 0 Å². The van der Waals surface area contributed by atoms with Crippen molar-refractivity contribution in [2.45, 2.75) is 44.6 Å². The van der Waals surface area contributed by atoms with Crippen molar-refractivity contribution >= 4 is 10.5 Å². The molecule has 2 rings (SSSR count). The minimum atomic E-state index is -0.224. The molecule has 2 aromatic carbocycles. The van der Waals surface area contributed by atoms with Crippen molar-refractivity contribution in [3.05, 3.63) is 71.8 Å². The molecule has 0 bridgehead atoms. The summed E-state index contributed by atoms with van der Waals surface area (Å²) < 4.78 is 6.10. The first-order chi connectivity index (χ1) is 10.1. The molecule has 112 valence electrons. The van der Waals surface area contributed by atoms with Gasteiger partial charge >= 0.3 is 0 Å². The molecular weight excluding hydrogens is 272 g/mol. The molecule has 21 heavy (non-hydrogen) atoms. The predicted octanol–water partition coefficient (Wildman–Crippen LogP) is 3.85. The maximum Gasteiger partial charge on any atom is 0.146 e. The van der Waals surface area contributed by atoms with Gasteiger partial charge in [0.05, 0.1) is 5.60 Å². The maximum absolute atomic E-state index is 6.10. The van der Waals surface area contributed by atoms with Crippen molar-refractivity contribution < 1.29 is 4.43 Å². The third kappa shape index (κ3) is 2.83. The van der Waals surface area contributed by atoms with Gasteiger partial charge in [-0.3, -0.25) is 0 Å². The van der Waals surface area contributed by atoms with Gasteiger partial charge in [-0.25, -0.2) is 0 Å². The fourth-order valence-electron chi connectivity index (χ4n) is 3.45. The van der Waals surface area contributed by atoms with Gasteiger partial charge in [-0.1, -0.05) is 74.0 Å². The first-order valence-corrected chi connectivity index (χ1v) is 8.56. The van der Waals surface area contributed by atoms with Crippen LogP contribution in [0.15, 0.2) is 60.7 Å². The van der Waals surface area contributed by atoms with Crippen LogP contribution in [0.2, 0.25) is 0 Å². The molecular formula is C19H26OSi. The Morgan fingerprint density at radius 3 is 1.62 bits per heavy atom. The SMILES string of the molecule is CCCC(c1ccccc1)(c1ccccc1)C(C)(C)O[SiH3]. The fourth-order valence-corrected chi connectivity index (χ4v) is 3.79. The zero-order valence-electron chi connectivity index (χ0n) is 13.6. The lowest BCUT2D eigenvalue weighted by atomic mass is 9.62. The molecule has 0 aliphatic carbocycles. The normalized spacial score (nSPS) is 12.5. The first kappa shape index (κ1) is 16.0. The predicted molar refractivity (Wildman–Crippen MR) is 93.7 cm³/mol. The highest BCUT2D eigenvalue weighted by Crippen LogP contribution is 2.46. The van der Waals surface area contributed by atoms with E-state index in [4.69, 9.17) is 4.43 Å². The molecule has 0 fully saturated rings. The lowest BCUT2D eigenvalue weighted by molar-refractivity contribution is 0.0414. The zero-order chi connectivity index (χ0) is 15.3. The van der Waals surface area contributed by atoms with Gasteiger partial charge in [0.15, 0.2) is 0 Å². The molecule has 0 heterocycles. The van der Waals surface area contributed by atoms with E-state index in [0.29, 0.717) is 0 Å². The molecule has 0 unspecified atom stereocenters. The lowest BCUT2D eigenvalue weighted by Gasteiger charge is -2.47. The van der Waals surface area contributed by atoms with Crippen LogP contribution in [-0.2, 0) is 9.84 Å². The van der Waals surface area contributed by atoms with Gasteiger partial charge in [0.25, 0.3) is 0 Å². The molecule has 2 heteroatoms. The summed E-state index contributed by atoms with van der Waals surface area (Å²) in [6, 6.07) is 21.7. The standard InChI is InChI=1S/C19H26OSi/c1-4-15-19(18(2,3)20-21,16-11-7-5-8-12-16)17-13-9-6-10-14-17/h5-14H,4,15H2,1-3,21H3. The highest BCUT2D eigenvalue weighted by atomic mass is 28.2. The second-order valence-corrected chi connectivity index (χ2v) is 6.51. The number of rotatable bonds is 6. The molecule has 0 radical (unpaired) electrons. The van der Waals surface area contributed by atoms with Crippen LogP contribution in [-0.4, -0.2) is 16.1 Å². The largest absolute Gasteiger partial charge is 0.422 e. The minimum Gasteiger partial charge on any atom is -0.422 e. The Morgan fingerprint density at radius 1 is 0.857 bits per heavy atom. The Bertz CT molecular complexity index is 509. The summed E-state index contributed by atoms with van der Waals surface area (Å²) in [7, 11) is 0.738. The Hall–Kier alpha value is -1.38.